The van der Waals surface area contributed by atoms with Gasteiger partial charge >= 0.3 is 18.3 Å². The molecule has 0 saturated carbocycles. The Bertz CT molecular complexity index is 1140. The van der Waals surface area contributed by atoms with Crippen LogP contribution in [0, 0.1) is 5.92 Å². The van der Waals surface area contributed by atoms with Crippen LogP contribution in [0.2, 0.25) is 0 Å². The molecule has 10 nitrogen and oxygen atoms in total. The monoisotopic (exact) mass is 556 g/mol. The molecule has 0 aliphatic rings. The average molecular weight is 557 g/mol. The van der Waals surface area contributed by atoms with Gasteiger partial charge in [0.2, 0.25) is 6.79 Å². The summed E-state index contributed by atoms with van der Waals surface area (Å²) in [5.74, 6) is -2.84. The molecule has 0 fully saturated rings. The van der Waals surface area contributed by atoms with E-state index in [1.165, 1.54) is 57.5 Å². The first-order chi connectivity index (χ1) is 18.2. The summed E-state index contributed by atoms with van der Waals surface area (Å²) in [7, 11) is 1.35. The molecule has 3 atom stereocenters. The maximum Gasteiger partial charge on any atom is 0.573 e. The number of benzene rings is 1. The Hall–Kier alpha value is -4.03. The number of rotatable bonds is 12. The third kappa shape index (κ3) is 9.34. The van der Waals surface area contributed by atoms with Gasteiger partial charge in [0, 0.05) is 25.1 Å². The molecule has 1 aromatic heterocycles. The van der Waals surface area contributed by atoms with E-state index in [1.807, 2.05) is 13.8 Å². The average Bonchev–Trinajstić information content (AvgIpc) is 2.83. The van der Waals surface area contributed by atoms with Crippen LogP contribution in [0.3, 0.4) is 0 Å². The standard InChI is InChI=1S/C26H31F3N2O8/c1-14(2)21(18-7-9-19(10-8-18)39-26(27,28)29)16(4)38-25(34)15(3)31-24(33)22-23(37-13-36-17(5)32)20(35-6)11-12-30-22/h7-12,14-16,21H,13H2,1-6H3,(H,31,33)/t15-,16-,21+/m0/s1. The minimum atomic E-state index is -4.81. The van der Waals surface area contributed by atoms with Gasteiger partial charge in [0.05, 0.1) is 7.11 Å². The van der Waals surface area contributed by atoms with E-state index in [1.54, 1.807) is 6.92 Å². The molecule has 2 aromatic rings. The van der Waals surface area contributed by atoms with E-state index in [0.29, 0.717) is 5.56 Å². The van der Waals surface area contributed by atoms with Crippen LogP contribution in [0.15, 0.2) is 36.5 Å². The maximum absolute atomic E-state index is 12.9. The van der Waals surface area contributed by atoms with Crippen molar-refractivity contribution in [3.8, 4) is 17.2 Å². The van der Waals surface area contributed by atoms with Crippen LogP contribution in [0.25, 0.3) is 0 Å². The molecular formula is C26H31F3N2O8. The predicted molar refractivity (Wildman–Crippen MR) is 131 cm³/mol. The SMILES string of the molecule is COc1ccnc(C(=O)N[C@@H](C)C(=O)O[C@@H](C)[C@H](c2ccc(OC(F)(F)F)cc2)C(C)C)c1OCOC(C)=O. The quantitative estimate of drug-likeness (QED) is 0.300. The molecule has 39 heavy (non-hydrogen) atoms. The number of nitrogens with zero attached hydrogens (tertiary/aromatic N) is 1. The second-order valence-electron chi connectivity index (χ2n) is 8.81. The molecule has 13 heteroatoms. The number of esters is 2. The fourth-order valence-corrected chi connectivity index (χ4v) is 3.84. The number of nitrogens with one attached hydrogen (secondary N) is 1. The van der Waals surface area contributed by atoms with E-state index in [0.717, 1.165) is 0 Å². The van der Waals surface area contributed by atoms with E-state index >= 15 is 0 Å². The van der Waals surface area contributed by atoms with Crippen molar-refractivity contribution in [1.29, 1.82) is 0 Å². The molecule has 1 aromatic carbocycles. The lowest BCUT2D eigenvalue weighted by molar-refractivity contribution is -0.274. The molecule has 1 heterocycles. The topological polar surface area (TPSA) is 122 Å². The molecular weight excluding hydrogens is 525 g/mol. The normalized spacial score (nSPS) is 13.6. The largest absolute Gasteiger partial charge is 0.573 e. The van der Waals surface area contributed by atoms with Crippen molar-refractivity contribution in [2.45, 2.75) is 59.0 Å². The molecule has 1 N–H and O–H groups in total. The van der Waals surface area contributed by atoms with E-state index < -0.39 is 43.1 Å². The van der Waals surface area contributed by atoms with Gasteiger partial charge in [-0.25, -0.2) is 9.78 Å². The second kappa shape index (κ2) is 13.7. The summed E-state index contributed by atoms with van der Waals surface area (Å²) in [5.41, 5.74) is 0.432. The number of amides is 1. The lowest BCUT2D eigenvalue weighted by Crippen LogP contribution is -2.42. The van der Waals surface area contributed by atoms with Gasteiger partial charge in [0.25, 0.3) is 5.91 Å². The molecule has 0 saturated heterocycles. The third-order valence-corrected chi connectivity index (χ3v) is 5.49. The maximum atomic E-state index is 12.9. The predicted octanol–water partition coefficient (Wildman–Crippen LogP) is 4.38. The van der Waals surface area contributed by atoms with Crippen LogP contribution in [-0.4, -0.2) is 55.2 Å². The van der Waals surface area contributed by atoms with Crippen molar-refractivity contribution < 1.29 is 51.2 Å². The van der Waals surface area contributed by atoms with E-state index in [-0.39, 0.29) is 34.8 Å². The highest BCUT2D eigenvalue weighted by Crippen LogP contribution is 2.33. The summed E-state index contributed by atoms with van der Waals surface area (Å²) in [4.78, 5) is 40.8. The second-order valence-corrected chi connectivity index (χ2v) is 8.81. The number of ether oxygens (including phenoxy) is 5. The number of hydrogen-bond acceptors (Lipinski definition) is 9. The molecule has 0 unspecified atom stereocenters. The number of carbonyl (C=O) groups is 3. The molecule has 1 amide bonds. The van der Waals surface area contributed by atoms with Gasteiger partial charge in [-0.05, 0) is 37.5 Å². The van der Waals surface area contributed by atoms with Crippen molar-refractivity contribution in [3.05, 3.63) is 47.8 Å². The highest BCUT2D eigenvalue weighted by Gasteiger charge is 2.32. The number of hydrogen-bond donors (Lipinski definition) is 1. The smallest absolute Gasteiger partial charge is 0.493 e. The molecule has 0 spiro atoms. The van der Waals surface area contributed by atoms with E-state index in [4.69, 9.17) is 18.9 Å². The summed E-state index contributed by atoms with van der Waals surface area (Å²) < 4.78 is 62.2. The third-order valence-electron chi connectivity index (χ3n) is 5.49. The van der Waals surface area contributed by atoms with Gasteiger partial charge in [0.1, 0.15) is 17.9 Å². The van der Waals surface area contributed by atoms with Crippen molar-refractivity contribution in [2.75, 3.05) is 13.9 Å². The van der Waals surface area contributed by atoms with Gasteiger partial charge in [-0.3, -0.25) is 9.59 Å². The lowest BCUT2D eigenvalue weighted by Gasteiger charge is -2.29. The minimum Gasteiger partial charge on any atom is -0.493 e. The molecule has 0 bridgehead atoms. The number of halogens is 3. The Morgan fingerprint density at radius 3 is 2.21 bits per heavy atom. The summed E-state index contributed by atoms with van der Waals surface area (Å²) in [6.07, 6.45) is -4.20. The zero-order valence-corrected chi connectivity index (χ0v) is 22.3. The molecule has 0 aliphatic carbocycles. The van der Waals surface area contributed by atoms with Gasteiger partial charge in [0.15, 0.2) is 17.2 Å². The van der Waals surface area contributed by atoms with Crippen LogP contribution in [-0.2, 0) is 19.1 Å². The van der Waals surface area contributed by atoms with Crippen molar-refractivity contribution in [1.82, 2.24) is 10.3 Å². The molecule has 0 aliphatic heterocycles. The zero-order valence-electron chi connectivity index (χ0n) is 22.3. The summed E-state index contributed by atoms with van der Waals surface area (Å²) in [6, 6.07) is 5.67. The lowest BCUT2D eigenvalue weighted by atomic mass is 9.84. The number of alkyl halides is 3. The van der Waals surface area contributed by atoms with Gasteiger partial charge in [-0.2, -0.15) is 0 Å². The summed E-state index contributed by atoms with van der Waals surface area (Å²) >= 11 is 0. The first kappa shape index (κ1) is 31.2. The first-order valence-electron chi connectivity index (χ1n) is 11.9. The Kier molecular flexibility index (Phi) is 10.9. The first-order valence-corrected chi connectivity index (χ1v) is 11.9. The van der Waals surface area contributed by atoms with Crippen LogP contribution in [0.5, 0.6) is 17.2 Å². The summed E-state index contributed by atoms with van der Waals surface area (Å²) in [5, 5.41) is 2.49. The Balaban J connectivity index is 2.11. The van der Waals surface area contributed by atoms with E-state index in [2.05, 4.69) is 15.0 Å². The highest BCUT2D eigenvalue weighted by atomic mass is 19.4. The minimum absolute atomic E-state index is 0.0509. The molecule has 0 radical (unpaired) electrons. The number of carbonyl (C=O) groups excluding carboxylic acids is 3. The Morgan fingerprint density at radius 2 is 1.67 bits per heavy atom. The summed E-state index contributed by atoms with van der Waals surface area (Å²) in [6.45, 7) is 7.53. The fraction of sp³-hybridized carbons (Fsp3) is 0.462. The Morgan fingerprint density at radius 1 is 1.03 bits per heavy atom. The van der Waals surface area contributed by atoms with Crippen LogP contribution in [0.1, 0.15) is 56.6 Å². The molecule has 214 valence electrons. The Labute approximate surface area is 223 Å². The fourth-order valence-electron chi connectivity index (χ4n) is 3.84. The number of methoxy groups -OCH3 is 1. The number of pyridine rings is 1. The van der Waals surface area contributed by atoms with Crippen molar-refractivity contribution in [2.24, 2.45) is 5.92 Å². The van der Waals surface area contributed by atoms with E-state index in [9.17, 15) is 27.6 Å². The van der Waals surface area contributed by atoms with Gasteiger partial charge < -0.3 is 29.0 Å². The van der Waals surface area contributed by atoms with Gasteiger partial charge in [-0.1, -0.05) is 26.0 Å². The van der Waals surface area contributed by atoms with Crippen molar-refractivity contribution in [3.63, 3.8) is 0 Å². The zero-order chi connectivity index (χ0) is 29.3. The van der Waals surface area contributed by atoms with Crippen LogP contribution in [0.4, 0.5) is 13.2 Å². The molecule has 2 rings (SSSR count). The van der Waals surface area contributed by atoms with Gasteiger partial charge in [-0.15, -0.1) is 13.2 Å². The van der Waals surface area contributed by atoms with Crippen molar-refractivity contribution >= 4 is 17.8 Å². The highest BCUT2D eigenvalue weighted by molar-refractivity contribution is 5.98. The van der Waals surface area contributed by atoms with Crippen LogP contribution >= 0.6 is 0 Å². The number of aromatic nitrogens is 1. The van der Waals surface area contributed by atoms with Crippen LogP contribution < -0.4 is 19.5 Å².